The maximum atomic E-state index is 11.7. The maximum absolute atomic E-state index is 11.7. The molecule has 1 saturated carbocycles. The van der Waals surface area contributed by atoms with Crippen LogP contribution >= 0.6 is 0 Å². The number of aliphatic carboxylic acids is 1. The Morgan fingerprint density at radius 1 is 1.30 bits per heavy atom. The highest BCUT2D eigenvalue weighted by Crippen LogP contribution is 2.18. The SMILES string of the molecule is CC(C)N(CCCC(=O)O)CC(=O)NC(=O)NC1CC1. The molecule has 0 aromatic carbocycles. The summed E-state index contributed by atoms with van der Waals surface area (Å²) in [6.07, 6.45) is 2.49. The largest absolute Gasteiger partial charge is 0.481 e. The lowest BCUT2D eigenvalue weighted by atomic mass is 10.2. The molecule has 1 aliphatic carbocycles. The van der Waals surface area contributed by atoms with Crippen molar-refractivity contribution in [2.45, 2.75) is 51.6 Å². The lowest BCUT2D eigenvalue weighted by Gasteiger charge is -2.25. The second kappa shape index (κ2) is 7.84. The fourth-order valence-electron chi connectivity index (χ4n) is 1.75. The highest BCUT2D eigenvalue weighted by molar-refractivity contribution is 5.95. The van der Waals surface area contributed by atoms with Gasteiger partial charge in [0.1, 0.15) is 0 Å². The van der Waals surface area contributed by atoms with Gasteiger partial charge in [0.15, 0.2) is 0 Å². The van der Waals surface area contributed by atoms with Crippen molar-refractivity contribution in [3.8, 4) is 0 Å². The van der Waals surface area contributed by atoms with Gasteiger partial charge < -0.3 is 10.4 Å². The summed E-state index contributed by atoms with van der Waals surface area (Å²) >= 11 is 0. The standard InChI is InChI=1S/C13H23N3O4/c1-9(2)16(7-3-4-12(18)19)8-11(17)15-13(20)14-10-5-6-10/h9-10H,3-8H2,1-2H3,(H,18,19)(H2,14,15,17,20). The van der Waals surface area contributed by atoms with Crippen LogP contribution in [0.2, 0.25) is 0 Å². The highest BCUT2D eigenvalue weighted by Gasteiger charge is 2.24. The number of carbonyl (C=O) groups is 3. The van der Waals surface area contributed by atoms with Crippen LogP contribution in [0.4, 0.5) is 4.79 Å². The molecular weight excluding hydrogens is 262 g/mol. The van der Waals surface area contributed by atoms with Crippen LogP contribution in [-0.4, -0.2) is 53.1 Å². The number of urea groups is 1. The Morgan fingerprint density at radius 2 is 1.95 bits per heavy atom. The van der Waals surface area contributed by atoms with Gasteiger partial charge in [0.2, 0.25) is 5.91 Å². The Kier molecular flexibility index (Phi) is 6.44. The Balaban J connectivity index is 2.29. The van der Waals surface area contributed by atoms with Crippen LogP contribution in [0.3, 0.4) is 0 Å². The minimum atomic E-state index is -0.845. The van der Waals surface area contributed by atoms with Gasteiger partial charge in [0.25, 0.3) is 0 Å². The van der Waals surface area contributed by atoms with Crippen molar-refractivity contribution in [2.24, 2.45) is 0 Å². The number of carboxylic acid groups (broad SMARTS) is 1. The first kappa shape index (κ1) is 16.4. The van der Waals surface area contributed by atoms with Crippen LogP contribution < -0.4 is 10.6 Å². The van der Waals surface area contributed by atoms with E-state index in [1.54, 1.807) is 0 Å². The van der Waals surface area contributed by atoms with E-state index in [-0.39, 0.29) is 31.0 Å². The summed E-state index contributed by atoms with van der Waals surface area (Å²) in [6, 6.07) is -0.132. The summed E-state index contributed by atoms with van der Waals surface area (Å²) in [5, 5.41) is 13.6. The molecule has 3 amide bonds. The van der Waals surface area contributed by atoms with Gasteiger partial charge in [-0.15, -0.1) is 0 Å². The predicted molar refractivity (Wildman–Crippen MR) is 73.3 cm³/mol. The lowest BCUT2D eigenvalue weighted by molar-refractivity contribution is -0.137. The van der Waals surface area contributed by atoms with Crippen LogP contribution in [0.5, 0.6) is 0 Å². The molecule has 114 valence electrons. The van der Waals surface area contributed by atoms with Crippen molar-refractivity contribution in [3.05, 3.63) is 0 Å². The van der Waals surface area contributed by atoms with Gasteiger partial charge in [-0.05, 0) is 39.7 Å². The van der Waals surface area contributed by atoms with E-state index >= 15 is 0 Å². The number of nitrogens with one attached hydrogen (secondary N) is 2. The topological polar surface area (TPSA) is 98.7 Å². The Hall–Kier alpha value is -1.63. The molecule has 0 aromatic heterocycles. The van der Waals surface area contributed by atoms with Crippen LogP contribution in [0.25, 0.3) is 0 Å². The summed E-state index contributed by atoms with van der Waals surface area (Å²) in [5.74, 6) is -1.21. The first-order chi connectivity index (χ1) is 9.38. The number of carbonyl (C=O) groups excluding carboxylic acids is 2. The molecule has 0 spiro atoms. The number of hydrogen-bond donors (Lipinski definition) is 3. The molecule has 1 fully saturated rings. The number of amides is 3. The first-order valence-electron chi connectivity index (χ1n) is 6.94. The van der Waals surface area contributed by atoms with E-state index in [2.05, 4.69) is 10.6 Å². The quantitative estimate of drug-likeness (QED) is 0.605. The fraction of sp³-hybridized carbons (Fsp3) is 0.769. The maximum Gasteiger partial charge on any atom is 0.321 e. The Bertz CT molecular complexity index is 367. The molecule has 7 heteroatoms. The van der Waals surface area contributed by atoms with E-state index in [1.165, 1.54) is 0 Å². The molecule has 0 saturated heterocycles. The number of imide groups is 1. The summed E-state index contributed by atoms with van der Waals surface area (Å²) in [6.45, 7) is 4.47. The molecule has 1 aliphatic rings. The average Bonchev–Trinajstić information content (AvgIpc) is 3.10. The molecule has 7 nitrogen and oxygen atoms in total. The minimum absolute atomic E-state index is 0.0764. The van der Waals surface area contributed by atoms with E-state index < -0.39 is 12.0 Å². The first-order valence-corrected chi connectivity index (χ1v) is 6.94. The van der Waals surface area contributed by atoms with Crippen molar-refractivity contribution >= 4 is 17.9 Å². The normalized spacial score (nSPS) is 14.4. The zero-order valence-electron chi connectivity index (χ0n) is 12.0. The summed E-state index contributed by atoms with van der Waals surface area (Å²) < 4.78 is 0. The molecule has 0 aliphatic heterocycles. The Morgan fingerprint density at radius 3 is 2.45 bits per heavy atom. The van der Waals surface area contributed by atoms with Crippen LogP contribution in [0.15, 0.2) is 0 Å². The summed E-state index contributed by atoms with van der Waals surface area (Å²) in [7, 11) is 0. The molecule has 0 radical (unpaired) electrons. The van der Waals surface area contributed by atoms with Crippen molar-refractivity contribution < 1.29 is 19.5 Å². The molecule has 0 unspecified atom stereocenters. The predicted octanol–water partition coefficient (Wildman–Crippen LogP) is 0.550. The van der Waals surface area contributed by atoms with Gasteiger partial charge in [-0.2, -0.15) is 0 Å². The van der Waals surface area contributed by atoms with Gasteiger partial charge in [-0.1, -0.05) is 0 Å². The molecule has 0 aromatic rings. The van der Waals surface area contributed by atoms with Crippen molar-refractivity contribution in [1.29, 1.82) is 0 Å². The minimum Gasteiger partial charge on any atom is -0.481 e. The zero-order chi connectivity index (χ0) is 15.1. The number of rotatable bonds is 8. The third-order valence-corrected chi connectivity index (χ3v) is 3.08. The van der Waals surface area contributed by atoms with E-state index in [9.17, 15) is 14.4 Å². The van der Waals surface area contributed by atoms with Gasteiger partial charge in [0.05, 0.1) is 6.54 Å². The summed E-state index contributed by atoms with van der Waals surface area (Å²) in [4.78, 5) is 35.5. The molecule has 1 rings (SSSR count). The molecule has 20 heavy (non-hydrogen) atoms. The lowest BCUT2D eigenvalue weighted by Crippen LogP contribution is -2.46. The molecule has 0 atom stereocenters. The zero-order valence-corrected chi connectivity index (χ0v) is 12.0. The van der Waals surface area contributed by atoms with E-state index in [4.69, 9.17) is 5.11 Å². The smallest absolute Gasteiger partial charge is 0.321 e. The van der Waals surface area contributed by atoms with Gasteiger partial charge >= 0.3 is 12.0 Å². The van der Waals surface area contributed by atoms with E-state index in [0.29, 0.717) is 13.0 Å². The van der Waals surface area contributed by atoms with Crippen LogP contribution in [0.1, 0.15) is 39.5 Å². The Labute approximate surface area is 118 Å². The monoisotopic (exact) mass is 285 g/mol. The van der Waals surface area contributed by atoms with Crippen LogP contribution in [0, 0.1) is 0 Å². The van der Waals surface area contributed by atoms with Crippen molar-refractivity contribution in [2.75, 3.05) is 13.1 Å². The number of hydrogen-bond acceptors (Lipinski definition) is 4. The van der Waals surface area contributed by atoms with E-state index in [1.807, 2.05) is 18.7 Å². The highest BCUT2D eigenvalue weighted by atomic mass is 16.4. The molecular formula is C13H23N3O4. The molecule has 3 N–H and O–H groups in total. The third kappa shape index (κ3) is 7.08. The van der Waals surface area contributed by atoms with Gasteiger partial charge in [0, 0.05) is 18.5 Å². The van der Waals surface area contributed by atoms with Crippen LogP contribution in [-0.2, 0) is 9.59 Å². The second-order valence-corrected chi connectivity index (χ2v) is 5.36. The second-order valence-electron chi connectivity index (χ2n) is 5.36. The van der Waals surface area contributed by atoms with Crippen molar-refractivity contribution in [3.63, 3.8) is 0 Å². The van der Waals surface area contributed by atoms with Gasteiger partial charge in [-0.3, -0.25) is 19.8 Å². The van der Waals surface area contributed by atoms with E-state index in [0.717, 1.165) is 12.8 Å². The number of carboxylic acids is 1. The summed E-state index contributed by atoms with van der Waals surface area (Å²) in [5.41, 5.74) is 0. The molecule has 0 heterocycles. The average molecular weight is 285 g/mol. The number of nitrogens with zero attached hydrogens (tertiary/aromatic N) is 1. The third-order valence-electron chi connectivity index (χ3n) is 3.08. The molecule has 0 bridgehead atoms. The fourth-order valence-corrected chi connectivity index (χ4v) is 1.75. The van der Waals surface area contributed by atoms with Gasteiger partial charge in [-0.25, -0.2) is 4.79 Å². The van der Waals surface area contributed by atoms with Crippen molar-refractivity contribution in [1.82, 2.24) is 15.5 Å².